The van der Waals surface area contributed by atoms with Crippen molar-refractivity contribution in [2.45, 2.75) is 13.3 Å². The Labute approximate surface area is 109 Å². The van der Waals surface area contributed by atoms with Gasteiger partial charge in [-0.25, -0.2) is 0 Å². The fourth-order valence-corrected chi connectivity index (χ4v) is 1.89. The second-order valence-corrected chi connectivity index (χ2v) is 4.12. The first kappa shape index (κ1) is 13.1. The fourth-order valence-electron chi connectivity index (χ4n) is 1.89. The summed E-state index contributed by atoms with van der Waals surface area (Å²) in [6, 6.07) is 4.69. The number of ketones is 1. The van der Waals surface area contributed by atoms with Gasteiger partial charge in [0.05, 0.1) is 5.69 Å². The van der Waals surface area contributed by atoms with Crippen LogP contribution in [0.2, 0.25) is 0 Å². The number of nitrogens with zero attached hydrogens (tertiary/aromatic N) is 1. The Morgan fingerprint density at radius 1 is 1.42 bits per heavy atom. The second kappa shape index (κ2) is 5.09. The maximum atomic E-state index is 11.7. The summed E-state index contributed by atoms with van der Waals surface area (Å²) in [5, 5.41) is 8.83. The van der Waals surface area contributed by atoms with Gasteiger partial charge in [-0.15, -0.1) is 0 Å². The van der Waals surface area contributed by atoms with Crippen LogP contribution in [-0.4, -0.2) is 35.9 Å². The van der Waals surface area contributed by atoms with Crippen LogP contribution < -0.4 is 9.64 Å². The molecule has 6 heteroatoms. The summed E-state index contributed by atoms with van der Waals surface area (Å²) in [4.78, 5) is 35.3. The third-order valence-electron chi connectivity index (χ3n) is 2.84. The molecule has 0 fully saturated rings. The van der Waals surface area contributed by atoms with Gasteiger partial charge in [-0.1, -0.05) is 6.92 Å². The number of carboxylic acids is 1. The van der Waals surface area contributed by atoms with Crippen LogP contribution in [0.15, 0.2) is 18.2 Å². The first-order valence-electron chi connectivity index (χ1n) is 5.85. The van der Waals surface area contributed by atoms with Crippen molar-refractivity contribution in [3.05, 3.63) is 23.8 Å². The van der Waals surface area contributed by atoms with E-state index in [0.29, 0.717) is 23.4 Å². The van der Waals surface area contributed by atoms with Gasteiger partial charge in [0, 0.05) is 12.0 Å². The zero-order valence-corrected chi connectivity index (χ0v) is 10.4. The number of carbonyl (C=O) groups excluding carboxylic acids is 2. The quantitative estimate of drug-likeness (QED) is 0.822. The summed E-state index contributed by atoms with van der Waals surface area (Å²) < 4.78 is 5.22. The van der Waals surface area contributed by atoms with Crippen LogP contribution in [0.25, 0.3) is 0 Å². The molecule has 0 aliphatic carbocycles. The molecule has 0 aromatic heterocycles. The Morgan fingerprint density at radius 3 is 2.79 bits per heavy atom. The number of carboxylic acid groups (broad SMARTS) is 1. The highest BCUT2D eigenvalue weighted by Gasteiger charge is 2.27. The second-order valence-electron chi connectivity index (χ2n) is 4.12. The smallest absolute Gasteiger partial charge is 0.323 e. The maximum Gasteiger partial charge on any atom is 0.323 e. The molecule has 19 heavy (non-hydrogen) atoms. The molecule has 1 heterocycles. The first-order valence-corrected chi connectivity index (χ1v) is 5.85. The van der Waals surface area contributed by atoms with Crippen LogP contribution in [0.5, 0.6) is 5.75 Å². The van der Waals surface area contributed by atoms with E-state index in [2.05, 4.69) is 0 Å². The number of anilines is 1. The van der Waals surface area contributed by atoms with Crippen LogP contribution in [0.3, 0.4) is 0 Å². The van der Waals surface area contributed by atoms with E-state index in [1.807, 2.05) is 0 Å². The third-order valence-corrected chi connectivity index (χ3v) is 2.84. The van der Waals surface area contributed by atoms with Gasteiger partial charge in [0.15, 0.2) is 12.4 Å². The van der Waals surface area contributed by atoms with E-state index in [9.17, 15) is 14.4 Å². The highest BCUT2D eigenvalue weighted by atomic mass is 16.5. The highest BCUT2D eigenvalue weighted by molar-refractivity contribution is 6.03. The van der Waals surface area contributed by atoms with Crippen LogP contribution in [0, 0.1) is 0 Å². The molecule has 1 N–H and O–H groups in total. The molecule has 1 aromatic rings. The van der Waals surface area contributed by atoms with Gasteiger partial charge in [-0.05, 0) is 18.2 Å². The van der Waals surface area contributed by atoms with E-state index in [0.717, 1.165) is 4.90 Å². The Balaban J connectivity index is 2.43. The lowest BCUT2D eigenvalue weighted by atomic mass is 10.1. The third kappa shape index (κ3) is 2.57. The Hall–Kier alpha value is -2.37. The minimum Gasteiger partial charge on any atom is -0.482 e. The Kier molecular flexibility index (Phi) is 3.50. The molecule has 0 atom stereocenters. The van der Waals surface area contributed by atoms with Crippen molar-refractivity contribution in [2.24, 2.45) is 0 Å². The van der Waals surface area contributed by atoms with Crippen molar-refractivity contribution in [1.29, 1.82) is 0 Å². The lowest BCUT2D eigenvalue weighted by molar-refractivity contribution is -0.137. The molecule has 0 unspecified atom stereocenters. The summed E-state index contributed by atoms with van der Waals surface area (Å²) >= 11 is 0. The molecule has 0 radical (unpaired) electrons. The van der Waals surface area contributed by atoms with E-state index >= 15 is 0 Å². The van der Waals surface area contributed by atoms with E-state index in [4.69, 9.17) is 9.84 Å². The van der Waals surface area contributed by atoms with Crippen molar-refractivity contribution >= 4 is 23.3 Å². The predicted octanol–water partition coefficient (Wildman–Crippen LogP) is 1.09. The summed E-state index contributed by atoms with van der Waals surface area (Å²) in [6.07, 6.45) is 0.340. The zero-order valence-electron chi connectivity index (χ0n) is 10.4. The molecule has 0 spiro atoms. The van der Waals surface area contributed by atoms with Crippen molar-refractivity contribution in [2.75, 3.05) is 18.1 Å². The minimum absolute atomic E-state index is 0.0731. The maximum absolute atomic E-state index is 11.7. The van der Waals surface area contributed by atoms with Gasteiger partial charge < -0.3 is 9.84 Å². The van der Waals surface area contributed by atoms with E-state index in [-0.39, 0.29) is 12.4 Å². The number of aliphatic carboxylic acids is 1. The number of ether oxygens (including phenoxy) is 1. The van der Waals surface area contributed by atoms with Gasteiger partial charge in [0.2, 0.25) is 0 Å². The number of fused-ring (bicyclic) bond motifs is 1. The first-order chi connectivity index (χ1) is 9.02. The number of Topliss-reactive ketones (excluding diaryl/α,β-unsaturated/α-hetero) is 1. The molecular formula is C13H13NO5. The number of hydrogen-bond donors (Lipinski definition) is 1. The number of carbonyl (C=O) groups is 3. The minimum atomic E-state index is -1.12. The predicted molar refractivity (Wildman–Crippen MR) is 66.5 cm³/mol. The number of amides is 1. The molecule has 1 amide bonds. The Morgan fingerprint density at radius 2 is 2.16 bits per heavy atom. The number of benzene rings is 1. The number of rotatable bonds is 4. The van der Waals surface area contributed by atoms with E-state index in [1.165, 1.54) is 6.07 Å². The molecule has 0 bridgehead atoms. The summed E-state index contributed by atoms with van der Waals surface area (Å²) in [5.74, 6) is -1.21. The van der Waals surface area contributed by atoms with Gasteiger partial charge in [-0.3, -0.25) is 19.3 Å². The SMILES string of the molecule is CCC(=O)c1ccc2c(c1)N(CC(=O)O)C(=O)CO2. The summed E-state index contributed by atoms with van der Waals surface area (Å²) in [5.41, 5.74) is 0.771. The molecule has 100 valence electrons. The molecule has 6 nitrogen and oxygen atoms in total. The van der Waals surface area contributed by atoms with Crippen molar-refractivity contribution < 1.29 is 24.2 Å². The average molecular weight is 263 g/mol. The Bertz CT molecular complexity index is 552. The van der Waals surface area contributed by atoms with Crippen molar-refractivity contribution in [3.8, 4) is 5.75 Å². The summed E-state index contributed by atoms with van der Waals surface area (Å²) in [6.45, 7) is 1.10. The van der Waals surface area contributed by atoms with Gasteiger partial charge in [-0.2, -0.15) is 0 Å². The summed E-state index contributed by atoms with van der Waals surface area (Å²) in [7, 11) is 0. The van der Waals surface area contributed by atoms with Crippen LogP contribution in [-0.2, 0) is 9.59 Å². The molecule has 2 rings (SSSR count). The van der Waals surface area contributed by atoms with E-state index in [1.54, 1.807) is 19.1 Å². The van der Waals surface area contributed by atoms with Gasteiger partial charge in [0.1, 0.15) is 12.3 Å². The van der Waals surface area contributed by atoms with Gasteiger partial charge >= 0.3 is 5.97 Å². The molecule has 1 aromatic carbocycles. The van der Waals surface area contributed by atoms with Crippen molar-refractivity contribution in [1.82, 2.24) is 0 Å². The van der Waals surface area contributed by atoms with Crippen molar-refractivity contribution in [3.63, 3.8) is 0 Å². The largest absolute Gasteiger partial charge is 0.482 e. The molecule has 1 aliphatic rings. The monoisotopic (exact) mass is 263 g/mol. The molecule has 0 saturated carbocycles. The fraction of sp³-hybridized carbons (Fsp3) is 0.308. The topological polar surface area (TPSA) is 83.9 Å². The van der Waals surface area contributed by atoms with Crippen LogP contribution >= 0.6 is 0 Å². The highest BCUT2D eigenvalue weighted by Crippen LogP contribution is 2.33. The van der Waals surface area contributed by atoms with E-state index < -0.39 is 18.4 Å². The molecule has 1 aliphatic heterocycles. The van der Waals surface area contributed by atoms with Crippen LogP contribution in [0.4, 0.5) is 5.69 Å². The standard InChI is InChI=1S/C13H13NO5/c1-2-10(15)8-3-4-11-9(5-8)14(6-13(17)18)12(16)7-19-11/h3-5H,2,6-7H2,1H3,(H,17,18). The lowest BCUT2D eigenvalue weighted by Crippen LogP contribution is -2.42. The lowest BCUT2D eigenvalue weighted by Gasteiger charge is -2.28. The van der Waals surface area contributed by atoms with Gasteiger partial charge in [0.25, 0.3) is 5.91 Å². The normalized spacial score (nSPS) is 13.7. The molecule has 0 saturated heterocycles. The average Bonchev–Trinajstić information content (AvgIpc) is 2.40. The zero-order chi connectivity index (χ0) is 14.0. The molecular weight excluding hydrogens is 250 g/mol. The number of hydrogen-bond acceptors (Lipinski definition) is 4. The van der Waals surface area contributed by atoms with Crippen LogP contribution in [0.1, 0.15) is 23.7 Å².